The molecule has 1 N–H and O–H groups in total. The van der Waals surface area contributed by atoms with Crippen molar-refractivity contribution < 1.29 is 9.13 Å². The van der Waals surface area contributed by atoms with E-state index >= 15 is 0 Å². The van der Waals surface area contributed by atoms with Crippen LogP contribution in [0.15, 0.2) is 24.3 Å². The molecule has 1 aromatic heterocycles. The second-order valence-corrected chi connectivity index (χ2v) is 6.44. The Labute approximate surface area is 139 Å². The molecule has 120 valence electrons. The van der Waals surface area contributed by atoms with Gasteiger partial charge in [-0.25, -0.2) is 14.4 Å². The van der Waals surface area contributed by atoms with Crippen LogP contribution in [0, 0.1) is 11.7 Å². The van der Waals surface area contributed by atoms with Crippen LogP contribution in [0.1, 0.15) is 42.2 Å². The maximum Gasteiger partial charge on any atom is 0.224 e. The van der Waals surface area contributed by atoms with Gasteiger partial charge in [-0.05, 0) is 41.6 Å². The molecule has 1 aromatic carbocycles. The molecule has 1 aliphatic heterocycles. The first-order valence-corrected chi connectivity index (χ1v) is 8.26. The summed E-state index contributed by atoms with van der Waals surface area (Å²) >= 11 is 6.08. The molecule has 0 unspecified atom stereocenters. The molecule has 1 atom stereocenters. The number of aromatic nitrogens is 2. The van der Waals surface area contributed by atoms with Gasteiger partial charge >= 0.3 is 0 Å². The molecule has 0 saturated heterocycles. The number of nitrogens with one attached hydrogen (secondary N) is 1. The van der Waals surface area contributed by atoms with E-state index in [0.717, 1.165) is 41.5 Å². The molecule has 0 spiro atoms. The molecular weight excluding hydrogens is 317 g/mol. The van der Waals surface area contributed by atoms with Crippen LogP contribution in [-0.2, 0) is 11.3 Å². The summed E-state index contributed by atoms with van der Waals surface area (Å²) < 4.78 is 19.0. The monoisotopic (exact) mass is 333 g/mol. The number of hydrogen-bond acceptors (Lipinski definition) is 4. The molecule has 4 nitrogen and oxygen atoms in total. The summed E-state index contributed by atoms with van der Waals surface area (Å²) in [6.07, 6.45) is 3.49. The number of ether oxygens (including phenoxy) is 1. The lowest BCUT2D eigenvalue weighted by molar-refractivity contribution is 0.0924. The fourth-order valence-electron chi connectivity index (χ4n) is 2.92. The third kappa shape index (κ3) is 3.16. The van der Waals surface area contributed by atoms with Crippen molar-refractivity contribution in [3.8, 4) is 0 Å². The normalized spacial score (nSPS) is 19.7. The van der Waals surface area contributed by atoms with Crippen molar-refractivity contribution in [2.24, 2.45) is 5.92 Å². The summed E-state index contributed by atoms with van der Waals surface area (Å²) in [4.78, 5) is 8.65. The van der Waals surface area contributed by atoms with E-state index in [9.17, 15) is 4.39 Å². The number of nitrogens with zero attached hydrogens (tertiary/aromatic N) is 2. The quantitative estimate of drug-likeness (QED) is 0.837. The molecule has 0 bridgehead atoms. The van der Waals surface area contributed by atoms with Crippen LogP contribution in [0.5, 0.6) is 0 Å². The van der Waals surface area contributed by atoms with Crippen molar-refractivity contribution in [2.75, 3.05) is 11.9 Å². The van der Waals surface area contributed by atoms with Gasteiger partial charge in [-0.2, -0.15) is 0 Å². The number of rotatable bonds is 5. The maximum absolute atomic E-state index is 13.1. The molecule has 2 heterocycles. The maximum atomic E-state index is 13.1. The topological polar surface area (TPSA) is 47.0 Å². The Hall–Kier alpha value is -1.72. The SMILES string of the molecule is Fc1ccc([C@H]2OCc3c(NCCC4CC4)nc(Cl)nc32)cc1. The second kappa shape index (κ2) is 6.06. The van der Waals surface area contributed by atoms with Gasteiger partial charge in [0.15, 0.2) is 0 Å². The number of hydrogen-bond donors (Lipinski definition) is 1. The molecule has 2 aromatic rings. The van der Waals surface area contributed by atoms with Crippen LogP contribution in [0.2, 0.25) is 5.28 Å². The first kappa shape index (κ1) is 14.8. The Morgan fingerprint density at radius 2 is 2.00 bits per heavy atom. The van der Waals surface area contributed by atoms with Gasteiger partial charge in [0.1, 0.15) is 17.7 Å². The summed E-state index contributed by atoms with van der Waals surface area (Å²) in [5.74, 6) is 1.34. The van der Waals surface area contributed by atoms with Crippen molar-refractivity contribution in [3.05, 3.63) is 52.2 Å². The predicted octanol–water partition coefficient (Wildman–Crippen LogP) is 4.10. The van der Waals surface area contributed by atoms with Crippen molar-refractivity contribution in [1.82, 2.24) is 9.97 Å². The number of anilines is 1. The summed E-state index contributed by atoms with van der Waals surface area (Å²) in [5.41, 5.74) is 2.58. The Morgan fingerprint density at radius 1 is 1.22 bits per heavy atom. The standard InChI is InChI=1S/C17H17ClFN3O/c18-17-21-14-13(16(22-17)20-8-7-10-1-2-10)9-23-15(14)11-3-5-12(19)6-4-11/h3-6,10,15H,1-2,7-9H2,(H,20,21,22)/t15-/m1/s1. The highest BCUT2D eigenvalue weighted by atomic mass is 35.5. The number of benzene rings is 1. The molecule has 1 fully saturated rings. The molecule has 1 saturated carbocycles. The van der Waals surface area contributed by atoms with Gasteiger partial charge in [0.05, 0.1) is 12.3 Å². The zero-order valence-electron chi connectivity index (χ0n) is 12.6. The van der Waals surface area contributed by atoms with E-state index in [2.05, 4.69) is 15.3 Å². The zero-order valence-corrected chi connectivity index (χ0v) is 13.3. The molecule has 2 aliphatic rings. The van der Waals surface area contributed by atoms with Gasteiger partial charge in [-0.3, -0.25) is 0 Å². The number of fused-ring (bicyclic) bond motifs is 1. The van der Waals surface area contributed by atoms with Crippen LogP contribution < -0.4 is 5.32 Å². The van der Waals surface area contributed by atoms with E-state index in [1.807, 2.05) is 0 Å². The van der Waals surface area contributed by atoms with E-state index in [4.69, 9.17) is 16.3 Å². The van der Waals surface area contributed by atoms with E-state index in [0.29, 0.717) is 6.61 Å². The smallest absolute Gasteiger partial charge is 0.224 e. The van der Waals surface area contributed by atoms with Crippen molar-refractivity contribution >= 4 is 17.4 Å². The van der Waals surface area contributed by atoms with Crippen molar-refractivity contribution in [3.63, 3.8) is 0 Å². The first-order valence-electron chi connectivity index (χ1n) is 7.88. The van der Waals surface area contributed by atoms with Crippen molar-refractivity contribution in [2.45, 2.75) is 32.0 Å². The summed E-state index contributed by atoms with van der Waals surface area (Å²) in [5, 5.41) is 3.57. The van der Waals surface area contributed by atoms with Gasteiger partial charge in [0, 0.05) is 12.1 Å². The van der Waals surface area contributed by atoms with Crippen LogP contribution in [0.25, 0.3) is 0 Å². The molecule has 0 amide bonds. The molecular formula is C17H17ClFN3O. The highest BCUT2D eigenvalue weighted by molar-refractivity contribution is 6.28. The minimum atomic E-state index is -0.324. The average molecular weight is 334 g/mol. The van der Waals surface area contributed by atoms with Gasteiger partial charge in [0.25, 0.3) is 0 Å². The summed E-state index contributed by atoms with van der Waals surface area (Å²) in [6.45, 7) is 1.31. The van der Waals surface area contributed by atoms with Crippen molar-refractivity contribution in [1.29, 1.82) is 0 Å². The van der Waals surface area contributed by atoms with Crippen LogP contribution >= 0.6 is 11.6 Å². The lowest BCUT2D eigenvalue weighted by Crippen LogP contribution is -2.09. The van der Waals surface area contributed by atoms with Crippen LogP contribution in [0.4, 0.5) is 10.2 Å². The van der Waals surface area contributed by atoms with Gasteiger partial charge in [0.2, 0.25) is 5.28 Å². The first-order chi connectivity index (χ1) is 11.2. The molecule has 0 radical (unpaired) electrons. The fraction of sp³-hybridized carbons (Fsp3) is 0.412. The Kier molecular flexibility index (Phi) is 3.91. The average Bonchev–Trinajstić information content (AvgIpc) is 3.26. The minimum Gasteiger partial charge on any atom is -0.370 e. The van der Waals surface area contributed by atoms with E-state index in [-0.39, 0.29) is 17.2 Å². The molecule has 23 heavy (non-hydrogen) atoms. The number of halogens is 2. The minimum absolute atomic E-state index is 0.204. The van der Waals surface area contributed by atoms with E-state index < -0.39 is 0 Å². The molecule has 4 rings (SSSR count). The predicted molar refractivity (Wildman–Crippen MR) is 85.9 cm³/mol. The third-order valence-corrected chi connectivity index (χ3v) is 4.54. The van der Waals surface area contributed by atoms with E-state index in [1.54, 1.807) is 12.1 Å². The third-order valence-electron chi connectivity index (χ3n) is 4.37. The van der Waals surface area contributed by atoms with Gasteiger partial charge in [-0.1, -0.05) is 25.0 Å². The highest BCUT2D eigenvalue weighted by Gasteiger charge is 2.30. The highest BCUT2D eigenvalue weighted by Crippen LogP contribution is 2.38. The fourth-order valence-corrected chi connectivity index (χ4v) is 3.09. The molecule has 1 aliphatic carbocycles. The van der Waals surface area contributed by atoms with Crippen LogP contribution in [0.3, 0.4) is 0 Å². The Bertz CT molecular complexity index is 719. The lowest BCUT2D eigenvalue weighted by atomic mass is 10.0. The van der Waals surface area contributed by atoms with Gasteiger partial charge in [-0.15, -0.1) is 0 Å². The summed E-state index contributed by atoms with van der Waals surface area (Å²) in [6, 6.07) is 6.28. The Morgan fingerprint density at radius 3 is 2.74 bits per heavy atom. The van der Waals surface area contributed by atoms with Gasteiger partial charge < -0.3 is 10.1 Å². The lowest BCUT2D eigenvalue weighted by Gasteiger charge is -2.12. The Balaban J connectivity index is 1.59. The summed E-state index contributed by atoms with van der Waals surface area (Å²) in [7, 11) is 0. The van der Waals surface area contributed by atoms with Crippen LogP contribution in [-0.4, -0.2) is 16.5 Å². The largest absolute Gasteiger partial charge is 0.370 e. The second-order valence-electron chi connectivity index (χ2n) is 6.11. The van der Waals surface area contributed by atoms with E-state index in [1.165, 1.54) is 25.0 Å². The zero-order chi connectivity index (χ0) is 15.8. The molecule has 6 heteroatoms.